The van der Waals surface area contributed by atoms with E-state index in [9.17, 15) is 0 Å². The van der Waals surface area contributed by atoms with Crippen LogP contribution in [0.5, 0.6) is 0 Å². The Morgan fingerprint density at radius 2 is 1.52 bits per heavy atom. The van der Waals surface area contributed by atoms with Crippen LogP contribution in [0.25, 0.3) is 0 Å². The summed E-state index contributed by atoms with van der Waals surface area (Å²) in [5.41, 5.74) is 4.67. The molecule has 114 valence electrons. The van der Waals surface area contributed by atoms with Gasteiger partial charge in [0.2, 0.25) is 0 Å². The van der Waals surface area contributed by atoms with Crippen LogP contribution in [0.1, 0.15) is 16.7 Å². The molecule has 0 radical (unpaired) electrons. The van der Waals surface area contributed by atoms with Crippen molar-refractivity contribution in [3.05, 3.63) is 102 Å². The van der Waals surface area contributed by atoms with Gasteiger partial charge in [0.15, 0.2) is 0 Å². The number of nitrogens with zero attached hydrogens (tertiary/aromatic N) is 2. The topological polar surface area (TPSA) is 15.6 Å². The van der Waals surface area contributed by atoms with E-state index in [1.54, 1.807) is 0 Å². The number of benzene rings is 3. The minimum absolute atomic E-state index is 0.743. The Hall–Kier alpha value is -2.87. The maximum absolute atomic E-state index is 4.71. The largest absolute Gasteiger partial charge is 0.261 e. The molecule has 0 spiro atoms. The summed E-state index contributed by atoms with van der Waals surface area (Å²) in [4.78, 5) is 0. The summed E-state index contributed by atoms with van der Waals surface area (Å²) in [6, 6.07) is 29.0. The van der Waals surface area contributed by atoms with Gasteiger partial charge in [-0.2, -0.15) is 5.10 Å². The van der Waals surface area contributed by atoms with E-state index < -0.39 is 0 Å². The molecule has 3 rings (SSSR count). The zero-order chi connectivity index (χ0) is 15.9. The van der Waals surface area contributed by atoms with Crippen LogP contribution in [-0.2, 0) is 6.54 Å². The van der Waals surface area contributed by atoms with Gasteiger partial charge >= 0.3 is 0 Å². The lowest BCUT2D eigenvalue weighted by Gasteiger charge is -2.19. The fourth-order valence-electron chi connectivity index (χ4n) is 2.44. The molecule has 0 aliphatic carbocycles. The van der Waals surface area contributed by atoms with Crippen LogP contribution in [0.4, 0.5) is 5.69 Å². The highest BCUT2D eigenvalue weighted by Crippen LogP contribution is 2.17. The second kappa shape index (κ2) is 7.41. The van der Waals surface area contributed by atoms with Gasteiger partial charge in [-0.1, -0.05) is 78.4 Å². The van der Waals surface area contributed by atoms with Gasteiger partial charge in [0, 0.05) is 0 Å². The molecule has 2 nitrogen and oxygen atoms in total. The molecule has 0 bridgehead atoms. The van der Waals surface area contributed by atoms with E-state index in [-0.39, 0.29) is 0 Å². The van der Waals surface area contributed by atoms with Crippen molar-refractivity contribution in [2.75, 3.05) is 5.01 Å². The minimum atomic E-state index is 0.743. The van der Waals surface area contributed by atoms with Gasteiger partial charge < -0.3 is 0 Å². The molecule has 0 aliphatic rings. The number of para-hydroxylation sites is 1. The van der Waals surface area contributed by atoms with Gasteiger partial charge in [0.05, 0.1) is 18.4 Å². The summed E-state index contributed by atoms with van der Waals surface area (Å²) in [6.07, 6.45) is 1.92. The third kappa shape index (κ3) is 4.30. The van der Waals surface area contributed by atoms with E-state index in [1.165, 1.54) is 11.1 Å². The van der Waals surface area contributed by atoms with E-state index in [0.717, 1.165) is 17.8 Å². The van der Waals surface area contributed by atoms with E-state index >= 15 is 0 Å². The minimum Gasteiger partial charge on any atom is -0.261 e. The van der Waals surface area contributed by atoms with E-state index in [1.807, 2.05) is 35.5 Å². The van der Waals surface area contributed by atoms with Crippen molar-refractivity contribution in [1.82, 2.24) is 0 Å². The van der Waals surface area contributed by atoms with Crippen molar-refractivity contribution in [3.8, 4) is 0 Å². The third-order valence-corrected chi connectivity index (χ3v) is 3.62. The lowest BCUT2D eigenvalue weighted by molar-refractivity contribution is 0.858. The Kier molecular flexibility index (Phi) is 4.85. The van der Waals surface area contributed by atoms with Crippen LogP contribution < -0.4 is 5.01 Å². The molecule has 0 saturated heterocycles. The Labute approximate surface area is 137 Å². The molecule has 0 heterocycles. The predicted octanol–water partition coefficient (Wildman–Crippen LogP) is 5.04. The van der Waals surface area contributed by atoms with Crippen molar-refractivity contribution >= 4 is 11.9 Å². The lowest BCUT2D eigenvalue weighted by atomic mass is 10.1. The first-order valence-corrected chi connectivity index (χ1v) is 7.78. The average Bonchev–Trinajstić information content (AvgIpc) is 2.60. The molecule has 3 aromatic carbocycles. The highest BCUT2D eigenvalue weighted by molar-refractivity contribution is 5.80. The summed E-state index contributed by atoms with van der Waals surface area (Å²) in [5.74, 6) is 0. The van der Waals surface area contributed by atoms with Gasteiger partial charge in [-0.15, -0.1) is 0 Å². The smallest absolute Gasteiger partial charge is 0.0666 e. The zero-order valence-corrected chi connectivity index (χ0v) is 13.3. The van der Waals surface area contributed by atoms with Crippen LogP contribution in [0.3, 0.4) is 0 Å². The normalized spacial score (nSPS) is 10.8. The van der Waals surface area contributed by atoms with Crippen molar-refractivity contribution in [1.29, 1.82) is 0 Å². The van der Waals surface area contributed by atoms with E-state index in [0.29, 0.717) is 0 Å². The summed E-state index contributed by atoms with van der Waals surface area (Å²) in [7, 11) is 0. The number of hydrogen-bond acceptors (Lipinski definition) is 2. The monoisotopic (exact) mass is 300 g/mol. The molecular formula is C21H20N2. The lowest BCUT2D eigenvalue weighted by Crippen LogP contribution is -2.16. The molecule has 2 heteroatoms. The number of anilines is 1. The molecule has 0 atom stereocenters. The van der Waals surface area contributed by atoms with Crippen LogP contribution in [0.15, 0.2) is 90.0 Å². The first-order chi connectivity index (χ1) is 11.3. The van der Waals surface area contributed by atoms with Gasteiger partial charge in [0.1, 0.15) is 0 Å². The van der Waals surface area contributed by atoms with Crippen LogP contribution in [0.2, 0.25) is 0 Å². The van der Waals surface area contributed by atoms with Crippen molar-refractivity contribution in [3.63, 3.8) is 0 Å². The van der Waals surface area contributed by atoms with E-state index in [2.05, 4.69) is 67.6 Å². The first-order valence-electron chi connectivity index (χ1n) is 7.78. The Balaban J connectivity index is 1.86. The number of hydrogen-bond donors (Lipinski definition) is 0. The van der Waals surface area contributed by atoms with Gasteiger partial charge in [-0.05, 0) is 30.2 Å². The highest BCUT2D eigenvalue weighted by Gasteiger charge is 2.05. The maximum Gasteiger partial charge on any atom is 0.0666 e. The molecule has 3 aromatic rings. The van der Waals surface area contributed by atoms with Crippen molar-refractivity contribution < 1.29 is 0 Å². The van der Waals surface area contributed by atoms with E-state index in [4.69, 9.17) is 5.10 Å². The fourth-order valence-corrected chi connectivity index (χ4v) is 2.44. The summed E-state index contributed by atoms with van der Waals surface area (Å²) >= 11 is 0. The summed E-state index contributed by atoms with van der Waals surface area (Å²) in [6.45, 7) is 2.84. The molecular weight excluding hydrogens is 280 g/mol. The second-order valence-electron chi connectivity index (χ2n) is 5.54. The zero-order valence-electron chi connectivity index (χ0n) is 13.3. The molecule has 0 saturated carbocycles. The van der Waals surface area contributed by atoms with Gasteiger partial charge in [0.25, 0.3) is 0 Å². The SMILES string of the molecule is Cc1cccc(C=NN(Cc2ccccc2)c2ccccc2)c1. The fraction of sp³-hybridized carbons (Fsp3) is 0.0952. The Bertz CT molecular complexity index is 764. The Morgan fingerprint density at radius 3 is 2.22 bits per heavy atom. The van der Waals surface area contributed by atoms with Gasteiger partial charge in [-0.25, -0.2) is 0 Å². The Morgan fingerprint density at radius 1 is 0.826 bits per heavy atom. The average molecular weight is 300 g/mol. The summed E-state index contributed by atoms with van der Waals surface area (Å²) < 4.78 is 0. The van der Waals surface area contributed by atoms with Crippen LogP contribution >= 0.6 is 0 Å². The molecule has 0 amide bonds. The number of aryl methyl sites for hydroxylation is 1. The molecule has 0 fully saturated rings. The molecule has 0 unspecified atom stereocenters. The number of rotatable bonds is 5. The summed E-state index contributed by atoms with van der Waals surface area (Å²) in [5, 5.41) is 6.73. The van der Waals surface area contributed by atoms with Crippen molar-refractivity contribution in [2.45, 2.75) is 13.5 Å². The molecule has 0 aromatic heterocycles. The van der Waals surface area contributed by atoms with Crippen LogP contribution in [0, 0.1) is 6.92 Å². The number of hydrazone groups is 1. The molecule has 0 aliphatic heterocycles. The molecule has 0 N–H and O–H groups in total. The standard InChI is InChI=1S/C21H20N2/c1-18-9-8-12-20(15-18)16-22-23(21-13-6-3-7-14-21)17-19-10-4-2-5-11-19/h2-16H,17H2,1H3. The van der Waals surface area contributed by atoms with Gasteiger partial charge in [-0.3, -0.25) is 5.01 Å². The van der Waals surface area contributed by atoms with Crippen molar-refractivity contribution in [2.24, 2.45) is 5.10 Å². The maximum atomic E-state index is 4.71. The quantitative estimate of drug-likeness (QED) is 0.476. The van der Waals surface area contributed by atoms with Crippen LogP contribution in [-0.4, -0.2) is 6.21 Å². The predicted molar refractivity (Wildman–Crippen MR) is 97.8 cm³/mol. The third-order valence-electron chi connectivity index (χ3n) is 3.62. The molecule has 23 heavy (non-hydrogen) atoms. The second-order valence-corrected chi connectivity index (χ2v) is 5.54. The highest BCUT2D eigenvalue weighted by atomic mass is 15.4. The first kappa shape index (κ1) is 15.0.